The minimum Gasteiger partial charge on any atom is -0.493 e. The Morgan fingerprint density at radius 3 is 2.31 bits per heavy atom. The Morgan fingerprint density at radius 1 is 1.04 bits per heavy atom. The van der Waals surface area contributed by atoms with Crippen molar-refractivity contribution in [3.8, 4) is 17.2 Å². The summed E-state index contributed by atoms with van der Waals surface area (Å²) in [6, 6.07) is 10.3. The smallest absolute Gasteiger partial charge is 0.311 e. The molecule has 0 fully saturated rings. The largest absolute Gasteiger partial charge is 0.493 e. The van der Waals surface area contributed by atoms with Crippen LogP contribution in [0.25, 0.3) is 0 Å². The number of ether oxygens (including phenoxy) is 3. The van der Waals surface area contributed by atoms with Crippen LogP contribution in [0, 0.1) is 10.1 Å². The van der Waals surface area contributed by atoms with Gasteiger partial charge in [0.05, 0.1) is 38.5 Å². The fraction of sp³-hybridized carbons (Fsp3) is 0.278. The van der Waals surface area contributed by atoms with Crippen LogP contribution in [0.5, 0.6) is 17.2 Å². The topological polar surface area (TPSA) is 95.2 Å². The summed E-state index contributed by atoms with van der Waals surface area (Å²) in [4.78, 5) is 10.6. The molecule has 8 nitrogen and oxygen atoms in total. The average molecular weight is 359 g/mol. The number of hydrogen-bond donors (Lipinski definition) is 1. The van der Waals surface area contributed by atoms with Crippen LogP contribution in [0.15, 0.2) is 41.5 Å². The number of rotatable bonds is 8. The van der Waals surface area contributed by atoms with Crippen molar-refractivity contribution in [3.05, 3.63) is 57.6 Å². The summed E-state index contributed by atoms with van der Waals surface area (Å²) in [5, 5.41) is 15.4. The van der Waals surface area contributed by atoms with E-state index < -0.39 is 4.92 Å². The molecule has 0 unspecified atom stereocenters. The molecule has 2 rings (SSSR count). The Kier molecular flexibility index (Phi) is 6.37. The van der Waals surface area contributed by atoms with Crippen molar-refractivity contribution in [2.75, 3.05) is 21.3 Å². The summed E-state index contributed by atoms with van der Waals surface area (Å²) in [5.41, 5.74) is 5.07. The van der Waals surface area contributed by atoms with E-state index in [0.29, 0.717) is 29.3 Å². The molecule has 8 heteroatoms. The summed E-state index contributed by atoms with van der Waals surface area (Å²) in [5.74, 6) is 1.50. The molecule has 0 saturated carbocycles. The Labute approximate surface area is 151 Å². The van der Waals surface area contributed by atoms with Gasteiger partial charge < -0.3 is 19.6 Å². The highest BCUT2D eigenvalue weighted by atomic mass is 16.6. The maximum Gasteiger partial charge on any atom is 0.311 e. The second-order valence-electron chi connectivity index (χ2n) is 5.37. The molecule has 138 valence electrons. The van der Waals surface area contributed by atoms with Crippen molar-refractivity contribution in [2.45, 2.75) is 13.5 Å². The van der Waals surface area contributed by atoms with E-state index in [4.69, 9.17) is 14.2 Å². The fourth-order valence-corrected chi connectivity index (χ4v) is 2.36. The number of hydrogen-bond acceptors (Lipinski definition) is 7. The molecular weight excluding hydrogens is 338 g/mol. The monoisotopic (exact) mass is 359 g/mol. The van der Waals surface area contributed by atoms with Gasteiger partial charge in [-0.3, -0.25) is 10.1 Å². The number of nitro benzene ring substituents is 1. The van der Waals surface area contributed by atoms with Gasteiger partial charge >= 0.3 is 5.69 Å². The van der Waals surface area contributed by atoms with Gasteiger partial charge in [0, 0.05) is 11.6 Å². The van der Waals surface area contributed by atoms with E-state index in [9.17, 15) is 10.1 Å². The zero-order valence-electron chi connectivity index (χ0n) is 15.1. The first-order valence-corrected chi connectivity index (χ1v) is 7.81. The van der Waals surface area contributed by atoms with Gasteiger partial charge in [-0.05, 0) is 36.8 Å². The van der Waals surface area contributed by atoms with Crippen LogP contribution in [0.3, 0.4) is 0 Å². The number of nitrogens with zero attached hydrogens (tertiary/aromatic N) is 2. The molecule has 0 radical (unpaired) electrons. The quantitative estimate of drug-likeness (QED) is 0.442. The Hall–Kier alpha value is -3.29. The molecule has 1 N–H and O–H groups in total. The highest BCUT2D eigenvalue weighted by molar-refractivity contribution is 5.99. The normalized spacial score (nSPS) is 11.0. The van der Waals surface area contributed by atoms with Crippen LogP contribution in [0.2, 0.25) is 0 Å². The van der Waals surface area contributed by atoms with Crippen molar-refractivity contribution in [1.29, 1.82) is 0 Å². The highest BCUT2D eigenvalue weighted by Crippen LogP contribution is 2.28. The van der Waals surface area contributed by atoms with Crippen LogP contribution in [-0.4, -0.2) is 32.0 Å². The van der Waals surface area contributed by atoms with E-state index in [0.717, 1.165) is 5.56 Å². The Morgan fingerprint density at radius 2 is 1.69 bits per heavy atom. The first kappa shape index (κ1) is 19.0. The first-order valence-electron chi connectivity index (χ1n) is 7.81. The number of benzene rings is 2. The molecule has 0 amide bonds. The Bertz CT molecular complexity index is 820. The minimum absolute atomic E-state index is 0.0977. The maximum atomic E-state index is 11.1. The number of hydrazone groups is 1. The summed E-state index contributed by atoms with van der Waals surface area (Å²) < 4.78 is 15.5. The van der Waals surface area contributed by atoms with Gasteiger partial charge in [-0.25, -0.2) is 0 Å². The third kappa shape index (κ3) is 4.41. The van der Waals surface area contributed by atoms with Crippen LogP contribution in [-0.2, 0) is 6.54 Å². The van der Waals surface area contributed by atoms with Crippen molar-refractivity contribution in [2.24, 2.45) is 5.10 Å². The summed E-state index contributed by atoms with van der Waals surface area (Å²) >= 11 is 0. The van der Waals surface area contributed by atoms with Gasteiger partial charge in [0.2, 0.25) is 0 Å². The standard InChI is InChI=1S/C18H21N3O5/c1-12(14-6-8-16(24-2)15(10-14)21(22)23)20-19-11-13-5-7-17(25-3)18(9-13)26-4/h5-10,19H,11H2,1-4H3/b20-12-. The molecule has 0 saturated heterocycles. The number of nitrogens with one attached hydrogen (secondary N) is 1. The summed E-state index contributed by atoms with van der Waals surface area (Å²) in [6.45, 7) is 2.24. The molecule has 0 aromatic heterocycles. The van der Waals surface area contributed by atoms with E-state index >= 15 is 0 Å². The lowest BCUT2D eigenvalue weighted by Gasteiger charge is -2.10. The summed E-state index contributed by atoms with van der Waals surface area (Å²) in [7, 11) is 4.55. The van der Waals surface area contributed by atoms with Crippen molar-refractivity contribution in [3.63, 3.8) is 0 Å². The maximum absolute atomic E-state index is 11.1. The zero-order chi connectivity index (χ0) is 19.1. The van der Waals surface area contributed by atoms with E-state index in [1.54, 1.807) is 33.3 Å². The van der Waals surface area contributed by atoms with Gasteiger partial charge in [0.1, 0.15) is 0 Å². The molecule has 0 spiro atoms. The van der Waals surface area contributed by atoms with Crippen molar-refractivity contribution in [1.82, 2.24) is 5.43 Å². The first-order chi connectivity index (χ1) is 12.5. The molecule has 0 aliphatic rings. The van der Waals surface area contributed by atoms with Gasteiger partial charge in [0.25, 0.3) is 0 Å². The van der Waals surface area contributed by atoms with Crippen LogP contribution < -0.4 is 19.6 Å². The number of nitro groups is 1. The lowest BCUT2D eigenvalue weighted by atomic mass is 10.1. The fourth-order valence-electron chi connectivity index (χ4n) is 2.36. The third-order valence-corrected chi connectivity index (χ3v) is 3.77. The van der Waals surface area contributed by atoms with E-state index in [-0.39, 0.29) is 11.4 Å². The second-order valence-corrected chi connectivity index (χ2v) is 5.37. The van der Waals surface area contributed by atoms with Gasteiger partial charge in [-0.15, -0.1) is 0 Å². The molecule has 2 aromatic rings. The lowest BCUT2D eigenvalue weighted by molar-refractivity contribution is -0.385. The zero-order valence-corrected chi connectivity index (χ0v) is 15.1. The molecule has 0 aliphatic heterocycles. The van der Waals surface area contributed by atoms with E-state index in [2.05, 4.69) is 10.5 Å². The molecule has 26 heavy (non-hydrogen) atoms. The second kappa shape index (κ2) is 8.70. The van der Waals surface area contributed by atoms with Gasteiger partial charge in [-0.2, -0.15) is 5.10 Å². The SMILES string of the molecule is COc1ccc(CN/N=C(/C)c2ccc(OC)c([N+](=O)[O-])c2)cc1OC. The van der Waals surface area contributed by atoms with Crippen LogP contribution in [0.1, 0.15) is 18.1 Å². The molecule has 0 bridgehead atoms. The van der Waals surface area contributed by atoms with Crippen molar-refractivity contribution >= 4 is 11.4 Å². The number of methoxy groups -OCH3 is 3. The van der Waals surface area contributed by atoms with Crippen LogP contribution in [0.4, 0.5) is 5.69 Å². The van der Waals surface area contributed by atoms with E-state index in [1.807, 2.05) is 18.2 Å². The average Bonchev–Trinajstić information content (AvgIpc) is 2.66. The highest BCUT2D eigenvalue weighted by Gasteiger charge is 2.16. The van der Waals surface area contributed by atoms with Gasteiger partial charge in [-0.1, -0.05) is 6.07 Å². The minimum atomic E-state index is -0.479. The molecule has 0 aliphatic carbocycles. The van der Waals surface area contributed by atoms with E-state index in [1.165, 1.54) is 13.2 Å². The molecule has 0 heterocycles. The van der Waals surface area contributed by atoms with Crippen LogP contribution >= 0.6 is 0 Å². The third-order valence-electron chi connectivity index (χ3n) is 3.77. The molecule has 0 atom stereocenters. The lowest BCUT2D eigenvalue weighted by Crippen LogP contribution is -2.10. The predicted molar refractivity (Wildman–Crippen MR) is 98.2 cm³/mol. The van der Waals surface area contributed by atoms with Gasteiger partial charge in [0.15, 0.2) is 17.2 Å². The predicted octanol–water partition coefficient (Wildman–Crippen LogP) is 3.13. The van der Waals surface area contributed by atoms with Crippen molar-refractivity contribution < 1.29 is 19.1 Å². The Balaban J connectivity index is 2.11. The molecular formula is C18H21N3O5. The summed E-state index contributed by atoms with van der Waals surface area (Å²) in [6.07, 6.45) is 0. The molecule has 2 aromatic carbocycles.